The number of rotatable bonds is 2. The molecule has 1 heterocycles. The fourth-order valence-corrected chi connectivity index (χ4v) is 1.32. The lowest BCUT2D eigenvalue weighted by molar-refractivity contribution is -0.127. The highest BCUT2D eigenvalue weighted by atomic mass is 16.5. The minimum absolute atomic E-state index is 0.202. The molecule has 2 atom stereocenters. The zero-order valence-electron chi connectivity index (χ0n) is 7.30. The summed E-state index contributed by atoms with van der Waals surface area (Å²) in [7, 11) is 1.70. The summed E-state index contributed by atoms with van der Waals surface area (Å²) in [5, 5.41) is 0. The molecule has 0 radical (unpaired) electrons. The minimum atomic E-state index is -0.202. The lowest BCUT2D eigenvalue weighted by atomic mass is 9.94. The molecule has 2 unspecified atom stereocenters. The van der Waals surface area contributed by atoms with Gasteiger partial charge < -0.3 is 15.2 Å². The Morgan fingerprint density at radius 1 is 1.73 bits per heavy atom. The van der Waals surface area contributed by atoms with Gasteiger partial charge in [-0.2, -0.15) is 0 Å². The van der Waals surface area contributed by atoms with Crippen LogP contribution in [0.25, 0.3) is 0 Å². The van der Waals surface area contributed by atoms with Gasteiger partial charge in [-0.05, 0) is 19.8 Å². The van der Waals surface area contributed by atoms with Crippen LogP contribution in [0.15, 0.2) is 0 Å². The predicted octanol–water partition coefficient (Wildman–Crippen LogP) is 0.529. The fourth-order valence-electron chi connectivity index (χ4n) is 1.32. The number of hydrogen-bond acceptors (Lipinski definition) is 3. The van der Waals surface area contributed by atoms with Crippen molar-refractivity contribution < 1.29 is 9.47 Å². The summed E-state index contributed by atoms with van der Waals surface area (Å²) in [6, 6.07) is 0. The zero-order valence-corrected chi connectivity index (χ0v) is 7.30. The number of hydrogen-bond donors (Lipinski definition) is 1. The van der Waals surface area contributed by atoms with E-state index in [2.05, 4.69) is 6.92 Å². The second-order valence-corrected chi connectivity index (χ2v) is 3.25. The Balaban J connectivity index is 2.45. The van der Waals surface area contributed by atoms with E-state index in [-0.39, 0.29) is 5.60 Å². The van der Waals surface area contributed by atoms with Crippen molar-refractivity contribution in [2.45, 2.75) is 31.5 Å². The smallest absolute Gasteiger partial charge is 0.103 e. The van der Waals surface area contributed by atoms with E-state index in [9.17, 15) is 0 Å². The van der Waals surface area contributed by atoms with Crippen LogP contribution in [0.4, 0.5) is 0 Å². The molecule has 11 heavy (non-hydrogen) atoms. The Kier molecular flexibility index (Phi) is 2.87. The first-order valence-corrected chi connectivity index (χ1v) is 4.09. The highest BCUT2D eigenvalue weighted by Gasteiger charge is 2.33. The van der Waals surface area contributed by atoms with Crippen molar-refractivity contribution >= 4 is 0 Å². The monoisotopic (exact) mass is 159 g/mol. The molecule has 1 aliphatic rings. The van der Waals surface area contributed by atoms with E-state index in [0.29, 0.717) is 19.3 Å². The first kappa shape index (κ1) is 8.97. The lowest BCUT2D eigenvalue weighted by Gasteiger charge is -2.37. The van der Waals surface area contributed by atoms with E-state index in [1.54, 1.807) is 7.11 Å². The van der Waals surface area contributed by atoms with Crippen LogP contribution < -0.4 is 5.73 Å². The predicted molar refractivity (Wildman–Crippen MR) is 43.4 cm³/mol. The molecule has 1 saturated heterocycles. The highest BCUT2D eigenvalue weighted by molar-refractivity contribution is 4.85. The van der Waals surface area contributed by atoms with Crippen molar-refractivity contribution in [3.8, 4) is 0 Å². The lowest BCUT2D eigenvalue weighted by Crippen LogP contribution is -2.48. The Morgan fingerprint density at radius 3 is 2.82 bits per heavy atom. The molecule has 1 rings (SSSR count). The van der Waals surface area contributed by atoms with Crippen LogP contribution in [0.5, 0.6) is 0 Å². The van der Waals surface area contributed by atoms with Crippen molar-refractivity contribution in [2.75, 3.05) is 20.3 Å². The van der Waals surface area contributed by atoms with Gasteiger partial charge in [0.2, 0.25) is 0 Å². The van der Waals surface area contributed by atoms with Gasteiger partial charge in [-0.3, -0.25) is 0 Å². The molecule has 0 aromatic heterocycles. The second-order valence-electron chi connectivity index (χ2n) is 3.25. The van der Waals surface area contributed by atoms with E-state index >= 15 is 0 Å². The van der Waals surface area contributed by atoms with Crippen LogP contribution in [0.2, 0.25) is 0 Å². The van der Waals surface area contributed by atoms with E-state index < -0.39 is 0 Å². The van der Waals surface area contributed by atoms with Crippen molar-refractivity contribution in [1.82, 2.24) is 0 Å². The average Bonchev–Trinajstić information content (AvgIpc) is 2.07. The summed E-state index contributed by atoms with van der Waals surface area (Å²) >= 11 is 0. The first-order valence-electron chi connectivity index (χ1n) is 4.09. The van der Waals surface area contributed by atoms with Gasteiger partial charge >= 0.3 is 0 Å². The minimum Gasteiger partial charge on any atom is -0.375 e. The topological polar surface area (TPSA) is 44.5 Å². The van der Waals surface area contributed by atoms with Crippen molar-refractivity contribution in [2.24, 2.45) is 5.73 Å². The summed E-state index contributed by atoms with van der Waals surface area (Å²) in [4.78, 5) is 0. The third-order valence-electron chi connectivity index (χ3n) is 2.44. The van der Waals surface area contributed by atoms with Crippen LogP contribution in [0.1, 0.15) is 19.8 Å². The average molecular weight is 159 g/mol. The number of methoxy groups -OCH3 is 1. The van der Waals surface area contributed by atoms with Crippen LogP contribution in [-0.2, 0) is 9.47 Å². The normalized spacial score (nSPS) is 39.0. The summed E-state index contributed by atoms with van der Waals surface area (Å²) in [5.74, 6) is 0. The molecule has 0 saturated carbocycles. The quantitative estimate of drug-likeness (QED) is 0.639. The maximum Gasteiger partial charge on any atom is 0.103 e. The molecule has 2 N–H and O–H groups in total. The zero-order chi connectivity index (χ0) is 8.32. The maximum atomic E-state index is 5.59. The summed E-state index contributed by atoms with van der Waals surface area (Å²) < 4.78 is 10.8. The van der Waals surface area contributed by atoms with E-state index in [1.807, 2.05) is 0 Å². The standard InChI is InChI=1S/C8H17NO2/c1-7-3-4-8(5-9,10-2)6-11-7/h7H,3-6,9H2,1-2H3. The Morgan fingerprint density at radius 2 is 2.45 bits per heavy atom. The summed E-state index contributed by atoms with van der Waals surface area (Å²) in [6.07, 6.45) is 2.43. The Hall–Kier alpha value is -0.120. The van der Waals surface area contributed by atoms with Gasteiger partial charge in [0, 0.05) is 13.7 Å². The molecule has 0 spiro atoms. The van der Waals surface area contributed by atoms with E-state index in [0.717, 1.165) is 12.8 Å². The molecular formula is C8H17NO2. The maximum absolute atomic E-state index is 5.59. The van der Waals surface area contributed by atoms with Crippen LogP contribution in [0, 0.1) is 0 Å². The molecule has 0 aromatic rings. The molecule has 0 aliphatic carbocycles. The number of ether oxygens (including phenoxy) is 2. The molecule has 1 aliphatic heterocycles. The molecule has 66 valence electrons. The molecule has 0 bridgehead atoms. The first-order chi connectivity index (χ1) is 5.22. The molecule has 0 amide bonds. The van der Waals surface area contributed by atoms with Gasteiger partial charge in [0.1, 0.15) is 5.60 Å². The number of nitrogens with two attached hydrogens (primary N) is 1. The van der Waals surface area contributed by atoms with Gasteiger partial charge in [0.05, 0.1) is 12.7 Å². The van der Waals surface area contributed by atoms with Crippen LogP contribution >= 0.6 is 0 Å². The van der Waals surface area contributed by atoms with Crippen LogP contribution in [-0.4, -0.2) is 32.0 Å². The third kappa shape index (κ3) is 1.92. The summed E-state index contributed by atoms with van der Waals surface area (Å²) in [5.41, 5.74) is 5.39. The highest BCUT2D eigenvalue weighted by Crippen LogP contribution is 2.24. The van der Waals surface area contributed by atoms with Gasteiger partial charge in [-0.1, -0.05) is 0 Å². The van der Waals surface area contributed by atoms with Gasteiger partial charge in [-0.25, -0.2) is 0 Å². The molecule has 3 nitrogen and oxygen atoms in total. The van der Waals surface area contributed by atoms with Crippen molar-refractivity contribution in [3.63, 3.8) is 0 Å². The second kappa shape index (κ2) is 3.52. The molecule has 3 heteroatoms. The van der Waals surface area contributed by atoms with E-state index in [4.69, 9.17) is 15.2 Å². The Bertz CT molecular complexity index is 113. The van der Waals surface area contributed by atoms with Crippen LogP contribution in [0.3, 0.4) is 0 Å². The summed E-state index contributed by atoms with van der Waals surface area (Å²) in [6.45, 7) is 3.27. The molecule has 1 fully saturated rings. The molecular weight excluding hydrogens is 142 g/mol. The van der Waals surface area contributed by atoms with Gasteiger partial charge in [-0.15, -0.1) is 0 Å². The third-order valence-corrected chi connectivity index (χ3v) is 2.44. The molecule has 0 aromatic carbocycles. The largest absolute Gasteiger partial charge is 0.375 e. The van der Waals surface area contributed by atoms with Crippen molar-refractivity contribution in [1.29, 1.82) is 0 Å². The van der Waals surface area contributed by atoms with E-state index in [1.165, 1.54) is 0 Å². The SMILES string of the molecule is COC1(CN)CCC(C)OC1. The van der Waals surface area contributed by atoms with Crippen molar-refractivity contribution in [3.05, 3.63) is 0 Å². The Labute approximate surface area is 67.9 Å². The van der Waals surface area contributed by atoms with Gasteiger partial charge in [0.25, 0.3) is 0 Å². The van der Waals surface area contributed by atoms with Gasteiger partial charge in [0.15, 0.2) is 0 Å². The fraction of sp³-hybridized carbons (Fsp3) is 1.00.